The van der Waals surface area contributed by atoms with Crippen molar-refractivity contribution in [3.8, 4) is 0 Å². The van der Waals surface area contributed by atoms with Crippen LogP contribution in [0, 0.1) is 5.92 Å². The Hall–Kier alpha value is -1.38. The summed E-state index contributed by atoms with van der Waals surface area (Å²) in [7, 11) is 0. The Morgan fingerprint density at radius 2 is 1.71 bits per heavy atom. The molecule has 0 aromatic heterocycles. The largest absolute Gasteiger partial charge is 0.380 e. The summed E-state index contributed by atoms with van der Waals surface area (Å²) in [4.78, 5) is 0. The van der Waals surface area contributed by atoms with Crippen LogP contribution in [0.15, 0.2) is 42.5 Å². The fraction of sp³-hybridized carbons (Fsp3) is 0.474. The van der Waals surface area contributed by atoms with Crippen LogP contribution in [0.25, 0.3) is 10.8 Å². The highest BCUT2D eigenvalue weighted by Crippen LogP contribution is 2.21. The lowest BCUT2D eigenvalue weighted by Gasteiger charge is -2.26. The van der Waals surface area contributed by atoms with Crippen molar-refractivity contribution in [3.63, 3.8) is 0 Å². The van der Waals surface area contributed by atoms with E-state index in [1.807, 2.05) is 6.92 Å². The summed E-state index contributed by atoms with van der Waals surface area (Å²) in [6, 6.07) is 15.9. The summed E-state index contributed by atoms with van der Waals surface area (Å²) in [5, 5.41) is 6.30. The summed E-state index contributed by atoms with van der Waals surface area (Å²) in [6.45, 7) is 10.3. The van der Waals surface area contributed by atoms with Crippen molar-refractivity contribution in [1.82, 2.24) is 5.32 Å². The molecule has 0 amide bonds. The van der Waals surface area contributed by atoms with Crippen LogP contribution in [-0.4, -0.2) is 19.3 Å². The fourth-order valence-electron chi connectivity index (χ4n) is 2.57. The molecule has 1 N–H and O–H groups in total. The smallest absolute Gasteiger partial charge is 0.0622 e. The summed E-state index contributed by atoms with van der Waals surface area (Å²) in [5.41, 5.74) is 1.33. The molecule has 2 aromatic carbocycles. The van der Waals surface area contributed by atoms with Gasteiger partial charge >= 0.3 is 0 Å². The van der Waals surface area contributed by atoms with Crippen LogP contribution in [0.2, 0.25) is 0 Å². The second-order valence-electron chi connectivity index (χ2n) is 6.00. The van der Waals surface area contributed by atoms with Crippen molar-refractivity contribution in [3.05, 3.63) is 48.0 Å². The maximum absolute atomic E-state index is 5.60. The number of ether oxygens (including phenoxy) is 1. The van der Waals surface area contributed by atoms with E-state index in [2.05, 4.69) is 68.6 Å². The third-order valence-electron chi connectivity index (χ3n) is 4.04. The average Bonchev–Trinajstić information content (AvgIpc) is 2.50. The molecule has 0 spiro atoms. The molecule has 2 unspecified atom stereocenters. The molecule has 0 saturated carbocycles. The maximum Gasteiger partial charge on any atom is 0.0622 e. The van der Waals surface area contributed by atoms with Crippen molar-refractivity contribution in [2.75, 3.05) is 13.2 Å². The quantitative estimate of drug-likeness (QED) is 0.805. The highest BCUT2D eigenvalue weighted by Gasteiger charge is 2.17. The lowest BCUT2D eigenvalue weighted by molar-refractivity contribution is 0.104. The van der Waals surface area contributed by atoms with E-state index in [-0.39, 0.29) is 0 Å². The van der Waals surface area contributed by atoms with Crippen LogP contribution in [-0.2, 0) is 4.74 Å². The zero-order valence-corrected chi connectivity index (χ0v) is 13.6. The molecule has 0 bridgehead atoms. The Morgan fingerprint density at radius 1 is 1.00 bits per heavy atom. The first-order valence-corrected chi connectivity index (χ1v) is 7.94. The zero-order chi connectivity index (χ0) is 15.2. The minimum atomic E-state index is 0.322. The van der Waals surface area contributed by atoms with Crippen molar-refractivity contribution in [2.24, 2.45) is 5.92 Å². The second-order valence-corrected chi connectivity index (χ2v) is 6.00. The summed E-state index contributed by atoms with van der Waals surface area (Å²) >= 11 is 0. The molecule has 21 heavy (non-hydrogen) atoms. The summed E-state index contributed by atoms with van der Waals surface area (Å²) < 4.78 is 5.60. The van der Waals surface area contributed by atoms with E-state index >= 15 is 0 Å². The first-order valence-electron chi connectivity index (χ1n) is 7.94. The van der Waals surface area contributed by atoms with Crippen LogP contribution in [0.5, 0.6) is 0 Å². The molecule has 2 heteroatoms. The third-order valence-corrected chi connectivity index (χ3v) is 4.04. The second kappa shape index (κ2) is 7.58. The van der Waals surface area contributed by atoms with E-state index in [1.165, 1.54) is 16.3 Å². The highest BCUT2D eigenvalue weighted by atomic mass is 16.5. The number of benzene rings is 2. The van der Waals surface area contributed by atoms with E-state index in [9.17, 15) is 0 Å². The molecule has 114 valence electrons. The first-order chi connectivity index (χ1) is 10.1. The van der Waals surface area contributed by atoms with Gasteiger partial charge in [-0.1, -0.05) is 50.2 Å². The van der Waals surface area contributed by atoms with Gasteiger partial charge in [-0.15, -0.1) is 0 Å². The van der Waals surface area contributed by atoms with E-state index < -0.39 is 0 Å². The molecule has 2 rings (SSSR count). The number of hydrogen-bond donors (Lipinski definition) is 1. The first kappa shape index (κ1) is 16.0. The Kier molecular flexibility index (Phi) is 5.77. The molecule has 0 aliphatic heterocycles. The van der Waals surface area contributed by atoms with Gasteiger partial charge in [0.05, 0.1) is 6.61 Å². The van der Waals surface area contributed by atoms with Crippen LogP contribution >= 0.6 is 0 Å². The van der Waals surface area contributed by atoms with Gasteiger partial charge in [0.25, 0.3) is 0 Å². The molecule has 0 heterocycles. The molecule has 0 aliphatic carbocycles. The lowest BCUT2D eigenvalue weighted by Crippen LogP contribution is -2.39. The van der Waals surface area contributed by atoms with Crippen molar-refractivity contribution in [1.29, 1.82) is 0 Å². The minimum absolute atomic E-state index is 0.322. The molecular weight excluding hydrogens is 258 g/mol. The predicted octanol–water partition coefficient (Wildman–Crippen LogP) is 4.55. The lowest BCUT2D eigenvalue weighted by atomic mass is 9.99. The van der Waals surface area contributed by atoms with Gasteiger partial charge in [0.15, 0.2) is 0 Å². The summed E-state index contributed by atoms with van der Waals surface area (Å²) in [5.74, 6) is 0.555. The van der Waals surface area contributed by atoms with Crippen molar-refractivity contribution in [2.45, 2.75) is 39.8 Å². The highest BCUT2D eigenvalue weighted by molar-refractivity contribution is 5.83. The Morgan fingerprint density at radius 3 is 2.38 bits per heavy atom. The van der Waals surface area contributed by atoms with E-state index in [1.54, 1.807) is 0 Å². The van der Waals surface area contributed by atoms with Gasteiger partial charge in [0.1, 0.15) is 0 Å². The minimum Gasteiger partial charge on any atom is -0.380 e. The van der Waals surface area contributed by atoms with Gasteiger partial charge in [-0.3, -0.25) is 0 Å². The zero-order valence-electron chi connectivity index (χ0n) is 13.6. The van der Waals surface area contributed by atoms with Gasteiger partial charge in [0.2, 0.25) is 0 Å². The normalized spacial score (nSPS) is 14.5. The molecule has 2 aromatic rings. The van der Waals surface area contributed by atoms with E-state index in [4.69, 9.17) is 4.74 Å². The van der Waals surface area contributed by atoms with Crippen LogP contribution < -0.4 is 5.32 Å². The molecule has 0 saturated heterocycles. The number of fused-ring (bicyclic) bond motifs is 1. The van der Waals surface area contributed by atoms with Gasteiger partial charge in [0, 0.05) is 18.7 Å². The van der Waals surface area contributed by atoms with Gasteiger partial charge in [-0.25, -0.2) is 0 Å². The summed E-state index contributed by atoms with van der Waals surface area (Å²) in [6.07, 6.45) is 0. The monoisotopic (exact) mass is 285 g/mol. The molecular formula is C19H27NO. The SMILES string of the molecule is CCOCC(NC(C)c1ccc2ccccc2c1)C(C)C. The van der Waals surface area contributed by atoms with Crippen LogP contribution in [0.4, 0.5) is 0 Å². The number of rotatable bonds is 7. The Labute approximate surface area is 128 Å². The topological polar surface area (TPSA) is 21.3 Å². The molecule has 2 nitrogen and oxygen atoms in total. The van der Waals surface area contributed by atoms with Crippen LogP contribution in [0.3, 0.4) is 0 Å². The molecule has 2 atom stereocenters. The molecule has 0 aliphatic rings. The Bertz CT molecular complexity index is 564. The fourth-order valence-corrected chi connectivity index (χ4v) is 2.57. The Balaban J connectivity index is 2.11. The van der Waals surface area contributed by atoms with E-state index in [0.717, 1.165) is 13.2 Å². The van der Waals surface area contributed by atoms with Gasteiger partial charge in [-0.05, 0) is 42.2 Å². The average molecular weight is 285 g/mol. The number of nitrogens with one attached hydrogen (secondary N) is 1. The van der Waals surface area contributed by atoms with Gasteiger partial charge < -0.3 is 10.1 Å². The standard InChI is InChI=1S/C19H27NO/c1-5-21-13-19(14(2)3)20-15(4)17-11-10-16-8-6-7-9-18(16)12-17/h6-12,14-15,19-20H,5,13H2,1-4H3. The molecule has 0 fully saturated rings. The van der Waals surface area contributed by atoms with Gasteiger partial charge in [-0.2, -0.15) is 0 Å². The van der Waals surface area contributed by atoms with Crippen molar-refractivity contribution >= 4 is 10.8 Å². The van der Waals surface area contributed by atoms with Crippen molar-refractivity contribution < 1.29 is 4.74 Å². The maximum atomic E-state index is 5.60. The number of hydrogen-bond acceptors (Lipinski definition) is 2. The predicted molar refractivity (Wildman–Crippen MR) is 90.6 cm³/mol. The van der Waals surface area contributed by atoms with Crippen LogP contribution in [0.1, 0.15) is 39.3 Å². The third kappa shape index (κ3) is 4.29. The van der Waals surface area contributed by atoms with E-state index in [0.29, 0.717) is 18.0 Å². The molecule has 0 radical (unpaired) electrons.